The highest BCUT2D eigenvalue weighted by molar-refractivity contribution is 6.01. The second-order valence-corrected chi connectivity index (χ2v) is 5.97. The van der Waals surface area contributed by atoms with E-state index in [4.69, 9.17) is 4.74 Å². The Balaban J connectivity index is 2.06. The van der Waals surface area contributed by atoms with E-state index in [1.54, 1.807) is 24.3 Å². The smallest absolute Gasteiger partial charge is 0.271 e. The number of ether oxygens (including phenoxy) is 1. The monoisotopic (exact) mass is 340 g/mol. The molecule has 0 spiro atoms. The molecular weight excluding hydrogens is 316 g/mol. The molecule has 0 aliphatic carbocycles. The van der Waals surface area contributed by atoms with Crippen LogP contribution < -0.4 is 10.2 Å². The molecule has 5 nitrogen and oxygen atoms in total. The second-order valence-electron chi connectivity index (χ2n) is 5.97. The highest BCUT2D eigenvalue weighted by Crippen LogP contribution is 2.23. The summed E-state index contributed by atoms with van der Waals surface area (Å²) >= 11 is 0. The lowest BCUT2D eigenvalue weighted by atomic mass is 10.0. The van der Waals surface area contributed by atoms with Crippen molar-refractivity contribution in [2.24, 2.45) is 5.10 Å². The zero-order valence-electron chi connectivity index (χ0n) is 15.1. The van der Waals surface area contributed by atoms with Crippen LogP contribution in [0, 0.1) is 13.8 Å². The Bertz CT molecular complexity index is 757. The zero-order valence-corrected chi connectivity index (χ0v) is 15.1. The van der Waals surface area contributed by atoms with E-state index in [9.17, 15) is 9.90 Å². The van der Waals surface area contributed by atoms with Crippen LogP contribution in [0.25, 0.3) is 0 Å². The number of nitrogens with zero attached hydrogens (tertiary/aromatic N) is 1. The van der Waals surface area contributed by atoms with Gasteiger partial charge in [-0.1, -0.05) is 6.92 Å². The number of phenols is 1. The fourth-order valence-electron chi connectivity index (χ4n) is 2.35. The molecule has 0 saturated carbocycles. The first-order valence-electron chi connectivity index (χ1n) is 8.30. The number of benzene rings is 2. The van der Waals surface area contributed by atoms with Crippen LogP contribution in [0.2, 0.25) is 0 Å². The topological polar surface area (TPSA) is 70.9 Å². The van der Waals surface area contributed by atoms with E-state index < -0.39 is 0 Å². The van der Waals surface area contributed by atoms with Gasteiger partial charge in [-0.05, 0) is 80.3 Å². The Hall–Kier alpha value is -2.82. The molecule has 5 heteroatoms. The van der Waals surface area contributed by atoms with Gasteiger partial charge in [-0.3, -0.25) is 4.79 Å². The van der Waals surface area contributed by atoms with Crippen molar-refractivity contribution < 1.29 is 14.6 Å². The maximum absolute atomic E-state index is 12.2. The summed E-state index contributed by atoms with van der Waals surface area (Å²) in [6.45, 7) is 8.17. The maximum Gasteiger partial charge on any atom is 0.271 e. The van der Waals surface area contributed by atoms with Crippen molar-refractivity contribution in [3.8, 4) is 11.5 Å². The highest BCUT2D eigenvalue weighted by atomic mass is 16.5. The molecule has 0 fully saturated rings. The van der Waals surface area contributed by atoms with Gasteiger partial charge in [0.25, 0.3) is 5.91 Å². The molecular formula is C20H24N2O3. The molecule has 0 aliphatic heterocycles. The lowest BCUT2D eigenvalue weighted by Crippen LogP contribution is -2.19. The van der Waals surface area contributed by atoms with Crippen LogP contribution in [0.4, 0.5) is 0 Å². The summed E-state index contributed by atoms with van der Waals surface area (Å²) in [5.41, 5.74) is 6.15. The Kier molecular flexibility index (Phi) is 6.17. The van der Waals surface area contributed by atoms with Crippen molar-refractivity contribution in [3.63, 3.8) is 0 Å². The van der Waals surface area contributed by atoms with Gasteiger partial charge in [-0.25, -0.2) is 5.43 Å². The van der Waals surface area contributed by atoms with Crippen LogP contribution in [0.3, 0.4) is 0 Å². The molecule has 1 amide bonds. The number of rotatable bonds is 6. The minimum absolute atomic E-state index is 0.283. The average Bonchev–Trinajstić information content (AvgIpc) is 2.62. The molecule has 2 N–H and O–H groups in total. The van der Waals surface area contributed by atoms with Crippen molar-refractivity contribution in [2.45, 2.75) is 34.1 Å². The molecule has 0 saturated heterocycles. The third kappa shape index (κ3) is 4.83. The molecule has 0 aliphatic rings. The number of aryl methyl sites for hydroxylation is 2. The zero-order chi connectivity index (χ0) is 18.4. The minimum atomic E-state index is -0.284. The Morgan fingerprint density at radius 1 is 1.12 bits per heavy atom. The van der Waals surface area contributed by atoms with E-state index in [0.717, 1.165) is 28.9 Å². The van der Waals surface area contributed by atoms with E-state index in [1.807, 2.05) is 39.8 Å². The van der Waals surface area contributed by atoms with Crippen molar-refractivity contribution >= 4 is 11.6 Å². The standard InChI is InChI=1S/C20H24N2O3/c1-5-10-25-18-8-6-16(7-9-18)20(24)22-21-15(4)17-11-13(2)19(23)14(3)12-17/h6-9,11-12,23H,5,10H2,1-4H3,(H,22,24)/b21-15-. The first kappa shape index (κ1) is 18.5. The van der Waals surface area contributed by atoms with Gasteiger partial charge in [-0.2, -0.15) is 5.10 Å². The number of nitrogens with one attached hydrogen (secondary N) is 1. The Labute approximate surface area is 148 Å². The molecule has 0 atom stereocenters. The molecule has 132 valence electrons. The fraction of sp³-hybridized carbons (Fsp3) is 0.300. The SMILES string of the molecule is CCCOc1ccc(C(=O)N/N=C(/C)c2cc(C)c(O)c(C)c2)cc1. The summed E-state index contributed by atoms with van der Waals surface area (Å²) < 4.78 is 5.50. The summed E-state index contributed by atoms with van der Waals surface area (Å²) in [6, 6.07) is 10.6. The van der Waals surface area contributed by atoms with E-state index >= 15 is 0 Å². The van der Waals surface area contributed by atoms with Crippen LogP contribution in [-0.4, -0.2) is 23.3 Å². The van der Waals surface area contributed by atoms with Crippen molar-refractivity contribution in [2.75, 3.05) is 6.61 Å². The number of carbonyl (C=O) groups is 1. The number of hydrogen-bond donors (Lipinski definition) is 2. The van der Waals surface area contributed by atoms with Crippen molar-refractivity contribution in [3.05, 3.63) is 58.7 Å². The number of phenolic OH excluding ortho intramolecular Hbond substituents is 1. The number of hydrogen-bond acceptors (Lipinski definition) is 4. The molecule has 0 aromatic heterocycles. The molecule has 2 aromatic rings. The van der Waals surface area contributed by atoms with Crippen LogP contribution in [0.1, 0.15) is 47.3 Å². The van der Waals surface area contributed by atoms with E-state index in [0.29, 0.717) is 17.9 Å². The van der Waals surface area contributed by atoms with Gasteiger partial charge in [0, 0.05) is 5.56 Å². The van der Waals surface area contributed by atoms with E-state index in [2.05, 4.69) is 10.5 Å². The molecule has 0 heterocycles. The van der Waals surface area contributed by atoms with E-state index in [-0.39, 0.29) is 11.7 Å². The largest absolute Gasteiger partial charge is 0.507 e. The number of carbonyl (C=O) groups excluding carboxylic acids is 1. The molecule has 0 radical (unpaired) electrons. The lowest BCUT2D eigenvalue weighted by molar-refractivity contribution is 0.0955. The van der Waals surface area contributed by atoms with Gasteiger partial charge in [0.05, 0.1) is 12.3 Å². The molecule has 0 unspecified atom stereocenters. The molecule has 2 aromatic carbocycles. The van der Waals surface area contributed by atoms with Crippen LogP contribution >= 0.6 is 0 Å². The third-order valence-electron chi connectivity index (χ3n) is 3.82. The van der Waals surface area contributed by atoms with Gasteiger partial charge in [0.2, 0.25) is 0 Å². The molecule has 25 heavy (non-hydrogen) atoms. The van der Waals surface area contributed by atoms with Crippen molar-refractivity contribution in [1.29, 1.82) is 0 Å². The van der Waals surface area contributed by atoms with Crippen LogP contribution in [-0.2, 0) is 0 Å². The summed E-state index contributed by atoms with van der Waals surface area (Å²) in [5, 5.41) is 14.0. The Morgan fingerprint density at radius 3 is 2.28 bits per heavy atom. The lowest BCUT2D eigenvalue weighted by Gasteiger charge is -2.08. The van der Waals surface area contributed by atoms with Gasteiger partial charge in [-0.15, -0.1) is 0 Å². The second kappa shape index (κ2) is 8.33. The maximum atomic E-state index is 12.2. The van der Waals surface area contributed by atoms with Crippen molar-refractivity contribution in [1.82, 2.24) is 5.43 Å². The summed E-state index contributed by atoms with van der Waals surface area (Å²) in [6.07, 6.45) is 0.937. The Morgan fingerprint density at radius 2 is 1.72 bits per heavy atom. The van der Waals surface area contributed by atoms with Gasteiger partial charge in [0.15, 0.2) is 0 Å². The van der Waals surface area contributed by atoms with Crippen LogP contribution in [0.5, 0.6) is 11.5 Å². The van der Waals surface area contributed by atoms with E-state index in [1.165, 1.54) is 0 Å². The van der Waals surface area contributed by atoms with Gasteiger partial charge < -0.3 is 9.84 Å². The predicted octanol–water partition coefficient (Wildman–Crippen LogP) is 3.95. The first-order valence-corrected chi connectivity index (χ1v) is 8.30. The molecule has 0 bridgehead atoms. The number of aromatic hydroxyl groups is 1. The normalized spacial score (nSPS) is 11.3. The van der Waals surface area contributed by atoms with Crippen LogP contribution in [0.15, 0.2) is 41.5 Å². The summed E-state index contributed by atoms with van der Waals surface area (Å²) in [4.78, 5) is 12.2. The highest BCUT2D eigenvalue weighted by Gasteiger charge is 2.08. The summed E-state index contributed by atoms with van der Waals surface area (Å²) in [7, 11) is 0. The molecule has 2 rings (SSSR count). The predicted molar refractivity (Wildman–Crippen MR) is 99.5 cm³/mol. The van der Waals surface area contributed by atoms with Gasteiger partial charge in [0.1, 0.15) is 11.5 Å². The fourth-order valence-corrected chi connectivity index (χ4v) is 2.35. The summed E-state index contributed by atoms with van der Waals surface area (Å²) in [5.74, 6) is 0.743. The van der Waals surface area contributed by atoms with Gasteiger partial charge >= 0.3 is 0 Å². The number of amides is 1. The first-order chi connectivity index (χ1) is 11.9. The third-order valence-corrected chi connectivity index (χ3v) is 3.82. The minimum Gasteiger partial charge on any atom is -0.507 e. The quantitative estimate of drug-likeness (QED) is 0.618. The average molecular weight is 340 g/mol. The number of hydrazone groups is 1.